The summed E-state index contributed by atoms with van der Waals surface area (Å²) < 4.78 is 7.31. The highest BCUT2D eigenvalue weighted by Gasteiger charge is 2.07. The molecule has 0 aliphatic rings. The molecule has 0 aliphatic carbocycles. The van der Waals surface area contributed by atoms with E-state index in [1.54, 1.807) is 35.3 Å². The molecule has 0 unspecified atom stereocenters. The number of fused-ring (bicyclic) bond motifs is 1. The Morgan fingerprint density at radius 1 is 1.11 bits per heavy atom. The number of nitrogens with zero attached hydrogens (tertiary/aromatic N) is 3. The van der Waals surface area contributed by atoms with Crippen molar-refractivity contribution < 1.29 is 4.74 Å². The van der Waals surface area contributed by atoms with Crippen molar-refractivity contribution in [3.05, 3.63) is 87.9 Å². The highest BCUT2D eigenvalue weighted by Crippen LogP contribution is 2.20. The van der Waals surface area contributed by atoms with E-state index in [0.29, 0.717) is 22.1 Å². The normalized spacial score (nSPS) is 10.9. The number of nitrogen functional groups attached to an aromatic ring is 1. The molecule has 0 radical (unpaired) electrons. The monoisotopic (exact) mass is 378 g/mol. The second kappa shape index (κ2) is 7.09. The van der Waals surface area contributed by atoms with Gasteiger partial charge < -0.3 is 10.5 Å². The van der Waals surface area contributed by atoms with Gasteiger partial charge in [0.1, 0.15) is 18.1 Å². The van der Waals surface area contributed by atoms with Crippen molar-refractivity contribution in [2.75, 3.05) is 5.73 Å². The van der Waals surface area contributed by atoms with Crippen LogP contribution in [-0.4, -0.2) is 14.8 Å². The van der Waals surface area contributed by atoms with E-state index in [0.717, 1.165) is 10.9 Å². The van der Waals surface area contributed by atoms with Crippen LogP contribution >= 0.6 is 11.6 Å². The van der Waals surface area contributed by atoms with Crippen LogP contribution in [0.2, 0.25) is 5.02 Å². The maximum Gasteiger partial charge on any atom is 0.206 e. The summed E-state index contributed by atoms with van der Waals surface area (Å²) in [6.45, 7) is 0.0431. The molecule has 0 amide bonds. The van der Waals surface area contributed by atoms with Gasteiger partial charge in [0.05, 0.1) is 11.2 Å². The Labute approximate surface area is 159 Å². The van der Waals surface area contributed by atoms with Crippen LogP contribution in [0.3, 0.4) is 0 Å². The highest BCUT2D eigenvalue weighted by molar-refractivity contribution is 6.31. The SMILES string of the molecule is Nc1cc(Cl)cc(-n2ccc(=O)c(COc3ccc4ncccc4c3)n2)c1. The predicted octanol–water partition coefficient (Wildman–Crippen LogP) is 3.60. The molecule has 2 aromatic heterocycles. The fourth-order valence-electron chi connectivity index (χ4n) is 2.71. The van der Waals surface area contributed by atoms with Gasteiger partial charge in [-0.1, -0.05) is 17.7 Å². The molecule has 0 saturated heterocycles. The summed E-state index contributed by atoms with van der Waals surface area (Å²) in [6, 6.07) is 15.9. The first-order valence-corrected chi connectivity index (χ1v) is 8.59. The number of hydrogen-bond donors (Lipinski definition) is 1. The van der Waals surface area contributed by atoms with Crippen molar-refractivity contribution in [1.29, 1.82) is 0 Å². The van der Waals surface area contributed by atoms with Gasteiger partial charge in [0.2, 0.25) is 5.43 Å². The molecule has 0 bridgehead atoms. The van der Waals surface area contributed by atoms with E-state index in [1.165, 1.54) is 6.07 Å². The second-order valence-electron chi connectivity index (χ2n) is 5.96. The second-order valence-corrected chi connectivity index (χ2v) is 6.40. The van der Waals surface area contributed by atoms with Crippen molar-refractivity contribution >= 4 is 28.2 Å². The lowest BCUT2D eigenvalue weighted by Gasteiger charge is -2.10. The van der Waals surface area contributed by atoms with Crippen LogP contribution < -0.4 is 15.9 Å². The summed E-state index contributed by atoms with van der Waals surface area (Å²) in [4.78, 5) is 16.4. The first-order chi connectivity index (χ1) is 13.1. The fraction of sp³-hybridized carbons (Fsp3) is 0.0500. The molecule has 7 heteroatoms. The number of benzene rings is 2. The van der Waals surface area contributed by atoms with E-state index in [1.807, 2.05) is 30.3 Å². The number of hydrogen-bond acceptors (Lipinski definition) is 5. The van der Waals surface area contributed by atoms with Gasteiger partial charge in [-0.05, 0) is 42.5 Å². The molecule has 0 aliphatic heterocycles. The van der Waals surface area contributed by atoms with Crippen LogP contribution in [0.25, 0.3) is 16.6 Å². The van der Waals surface area contributed by atoms with E-state index in [9.17, 15) is 4.79 Å². The summed E-state index contributed by atoms with van der Waals surface area (Å²) in [6.07, 6.45) is 3.31. The maximum absolute atomic E-state index is 12.2. The number of pyridine rings is 1. The fourth-order valence-corrected chi connectivity index (χ4v) is 2.95. The van der Waals surface area contributed by atoms with Crippen molar-refractivity contribution in [3.8, 4) is 11.4 Å². The molecular weight excluding hydrogens is 364 g/mol. The number of nitrogens with two attached hydrogens (primary N) is 1. The van der Waals surface area contributed by atoms with Gasteiger partial charge in [0.15, 0.2) is 0 Å². The van der Waals surface area contributed by atoms with Crippen molar-refractivity contribution in [1.82, 2.24) is 14.8 Å². The number of aromatic nitrogens is 3. The average molecular weight is 379 g/mol. The quantitative estimate of drug-likeness (QED) is 0.548. The van der Waals surface area contributed by atoms with Crippen molar-refractivity contribution in [3.63, 3.8) is 0 Å². The standard InChI is InChI=1S/C20H15ClN4O2/c21-14-9-15(22)11-16(10-14)25-7-5-20(26)19(24-25)12-27-17-3-4-18-13(8-17)2-1-6-23-18/h1-11H,12,22H2. The van der Waals surface area contributed by atoms with Crippen LogP contribution in [0.4, 0.5) is 5.69 Å². The highest BCUT2D eigenvalue weighted by atomic mass is 35.5. The molecular formula is C20H15ClN4O2. The lowest BCUT2D eigenvalue weighted by molar-refractivity contribution is 0.298. The Morgan fingerprint density at radius 3 is 2.85 bits per heavy atom. The molecule has 0 atom stereocenters. The lowest BCUT2D eigenvalue weighted by atomic mass is 10.2. The van der Waals surface area contributed by atoms with E-state index < -0.39 is 0 Å². The van der Waals surface area contributed by atoms with Gasteiger partial charge in [0.25, 0.3) is 0 Å². The number of rotatable bonds is 4. The Kier molecular flexibility index (Phi) is 4.48. The van der Waals surface area contributed by atoms with Crippen LogP contribution in [0.5, 0.6) is 5.75 Å². The Hall–Kier alpha value is -3.38. The number of anilines is 1. The average Bonchev–Trinajstić information content (AvgIpc) is 2.66. The van der Waals surface area contributed by atoms with E-state index in [2.05, 4.69) is 10.1 Å². The third-order valence-electron chi connectivity index (χ3n) is 4.00. The van der Waals surface area contributed by atoms with Crippen LogP contribution in [0, 0.1) is 0 Å². The summed E-state index contributed by atoms with van der Waals surface area (Å²) >= 11 is 6.05. The molecule has 0 spiro atoms. The van der Waals surface area contributed by atoms with Gasteiger partial charge >= 0.3 is 0 Å². The number of halogens is 1. The lowest BCUT2D eigenvalue weighted by Crippen LogP contribution is -2.18. The zero-order valence-corrected chi connectivity index (χ0v) is 14.9. The van der Waals surface area contributed by atoms with Gasteiger partial charge in [-0.2, -0.15) is 5.10 Å². The van der Waals surface area contributed by atoms with Crippen LogP contribution in [0.15, 0.2) is 71.8 Å². The zero-order valence-electron chi connectivity index (χ0n) is 14.2. The zero-order chi connectivity index (χ0) is 18.8. The van der Waals surface area contributed by atoms with Gasteiger partial charge in [-0.3, -0.25) is 9.78 Å². The molecule has 0 saturated carbocycles. The first kappa shape index (κ1) is 17.1. The minimum absolute atomic E-state index is 0.0431. The van der Waals surface area contributed by atoms with Gasteiger partial charge in [-0.25, -0.2) is 4.68 Å². The van der Waals surface area contributed by atoms with E-state index in [-0.39, 0.29) is 17.7 Å². The summed E-state index contributed by atoms with van der Waals surface area (Å²) in [7, 11) is 0. The summed E-state index contributed by atoms with van der Waals surface area (Å²) in [5.74, 6) is 0.638. The molecule has 2 aromatic carbocycles. The third-order valence-corrected chi connectivity index (χ3v) is 4.22. The molecule has 2 N–H and O–H groups in total. The smallest absolute Gasteiger partial charge is 0.206 e. The van der Waals surface area contributed by atoms with Crippen molar-refractivity contribution in [2.45, 2.75) is 6.61 Å². The Morgan fingerprint density at radius 2 is 2.00 bits per heavy atom. The molecule has 0 fully saturated rings. The Balaban J connectivity index is 1.60. The number of ether oxygens (including phenoxy) is 1. The Bertz CT molecular complexity index is 1170. The van der Waals surface area contributed by atoms with E-state index >= 15 is 0 Å². The predicted molar refractivity (Wildman–Crippen MR) is 105 cm³/mol. The van der Waals surface area contributed by atoms with Gasteiger partial charge in [-0.15, -0.1) is 0 Å². The van der Waals surface area contributed by atoms with Crippen LogP contribution in [-0.2, 0) is 6.61 Å². The minimum atomic E-state index is -0.205. The third kappa shape index (κ3) is 3.75. The van der Waals surface area contributed by atoms with Gasteiger partial charge in [0, 0.05) is 34.6 Å². The summed E-state index contributed by atoms with van der Waals surface area (Å²) in [5, 5.41) is 5.81. The molecule has 6 nitrogen and oxygen atoms in total. The molecule has 134 valence electrons. The summed E-state index contributed by atoms with van der Waals surface area (Å²) in [5.41, 5.74) is 7.96. The van der Waals surface area contributed by atoms with Crippen LogP contribution in [0.1, 0.15) is 5.69 Å². The molecule has 27 heavy (non-hydrogen) atoms. The van der Waals surface area contributed by atoms with Crippen molar-refractivity contribution in [2.24, 2.45) is 0 Å². The largest absolute Gasteiger partial charge is 0.487 e. The minimum Gasteiger partial charge on any atom is -0.487 e. The van der Waals surface area contributed by atoms with E-state index in [4.69, 9.17) is 22.1 Å². The topological polar surface area (TPSA) is 83.0 Å². The maximum atomic E-state index is 12.2. The molecule has 4 aromatic rings. The first-order valence-electron chi connectivity index (χ1n) is 8.21. The molecule has 4 rings (SSSR count). The molecule has 2 heterocycles.